The molecule has 1 amide bonds. The van der Waals surface area contributed by atoms with Crippen molar-refractivity contribution in [3.05, 3.63) is 38.5 Å². The van der Waals surface area contributed by atoms with Gasteiger partial charge in [0.2, 0.25) is 12.7 Å². The number of benzene rings is 1. The van der Waals surface area contributed by atoms with Gasteiger partial charge in [0, 0.05) is 23.1 Å². The molecule has 3 aromatic rings. The van der Waals surface area contributed by atoms with Gasteiger partial charge in [-0.1, -0.05) is 11.8 Å². The minimum Gasteiger partial charge on any atom is -0.454 e. The lowest BCUT2D eigenvalue weighted by Crippen LogP contribution is -2.24. The van der Waals surface area contributed by atoms with Gasteiger partial charge in [-0.2, -0.15) is 0 Å². The van der Waals surface area contributed by atoms with Crippen LogP contribution in [-0.4, -0.2) is 33.8 Å². The van der Waals surface area contributed by atoms with E-state index in [2.05, 4.69) is 5.32 Å². The highest BCUT2D eigenvalue weighted by Crippen LogP contribution is 2.38. The number of ketones is 1. The van der Waals surface area contributed by atoms with Crippen molar-refractivity contribution < 1.29 is 19.1 Å². The molecule has 1 N–H and O–H groups in total. The van der Waals surface area contributed by atoms with E-state index >= 15 is 0 Å². The highest BCUT2D eigenvalue weighted by atomic mass is 32.2. The fraction of sp³-hybridized carbons (Fsp3) is 0.391. The first kappa shape index (κ1) is 22.0. The molecule has 0 unspecified atom stereocenters. The van der Waals surface area contributed by atoms with Crippen molar-refractivity contribution in [2.24, 2.45) is 0 Å². The van der Waals surface area contributed by atoms with Crippen LogP contribution in [0.25, 0.3) is 10.2 Å². The molecule has 10 heteroatoms. The molecule has 0 saturated heterocycles. The molecular weight excluding hydrogens is 462 g/mol. The first-order chi connectivity index (χ1) is 16.0. The predicted octanol–water partition coefficient (Wildman–Crippen LogP) is 4.02. The number of aryl methyl sites for hydroxylation is 2. The maximum atomic E-state index is 13.2. The largest absolute Gasteiger partial charge is 0.454 e. The van der Waals surface area contributed by atoms with Crippen molar-refractivity contribution in [2.45, 2.75) is 51.2 Å². The van der Waals surface area contributed by atoms with E-state index in [1.165, 1.54) is 23.6 Å². The number of thiophene rings is 1. The van der Waals surface area contributed by atoms with Crippen LogP contribution in [0.5, 0.6) is 11.5 Å². The summed E-state index contributed by atoms with van der Waals surface area (Å²) in [6.07, 6.45) is 4.18. The van der Waals surface area contributed by atoms with Crippen LogP contribution in [0.15, 0.2) is 22.1 Å². The van der Waals surface area contributed by atoms with Crippen LogP contribution in [0.3, 0.4) is 0 Å². The van der Waals surface area contributed by atoms with E-state index in [1.54, 1.807) is 28.0 Å². The molecule has 0 radical (unpaired) electrons. The Morgan fingerprint density at radius 1 is 1.21 bits per heavy atom. The molecule has 0 atom stereocenters. The van der Waals surface area contributed by atoms with Gasteiger partial charge in [0.25, 0.3) is 5.56 Å². The Bertz CT molecular complexity index is 1340. The molecule has 0 spiro atoms. The van der Waals surface area contributed by atoms with Crippen LogP contribution >= 0.6 is 23.1 Å². The van der Waals surface area contributed by atoms with Gasteiger partial charge in [-0.25, -0.2) is 4.98 Å². The number of ether oxygens (including phenoxy) is 2. The quantitative estimate of drug-likeness (QED) is 0.320. The lowest BCUT2D eigenvalue weighted by atomic mass is 9.97. The summed E-state index contributed by atoms with van der Waals surface area (Å²) >= 11 is 2.82. The van der Waals surface area contributed by atoms with E-state index in [4.69, 9.17) is 14.5 Å². The van der Waals surface area contributed by atoms with E-state index < -0.39 is 0 Å². The van der Waals surface area contributed by atoms with Gasteiger partial charge in [0.05, 0.1) is 16.8 Å². The Balaban J connectivity index is 1.39. The number of carbonyl (C=O) groups is 2. The SMILES string of the molecule is CCn1c(SCC(=O)Nc2cc3c(cc2C(C)=O)OCO3)nc2sc3c(c2c1=O)CCCC3. The van der Waals surface area contributed by atoms with Gasteiger partial charge in [0.15, 0.2) is 22.4 Å². The van der Waals surface area contributed by atoms with Gasteiger partial charge in [-0.3, -0.25) is 19.0 Å². The van der Waals surface area contributed by atoms with Gasteiger partial charge in [-0.05, 0) is 51.2 Å². The Morgan fingerprint density at radius 2 is 1.97 bits per heavy atom. The van der Waals surface area contributed by atoms with Crippen molar-refractivity contribution in [3.63, 3.8) is 0 Å². The summed E-state index contributed by atoms with van der Waals surface area (Å²) in [5.41, 5.74) is 1.86. The van der Waals surface area contributed by atoms with Gasteiger partial charge >= 0.3 is 0 Å². The molecule has 2 aromatic heterocycles. The molecule has 8 nitrogen and oxygen atoms in total. The number of carbonyl (C=O) groups excluding carboxylic acids is 2. The summed E-state index contributed by atoms with van der Waals surface area (Å²) in [7, 11) is 0. The summed E-state index contributed by atoms with van der Waals surface area (Å²) in [6.45, 7) is 3.90. The van der Waals surface area contributed by atoms with Crippen molar-refractivity contribution >= 4 is 50.7 Å². The fourth-order valence-corrected chi connectivity index (χ4v) is 6.43. The lowest BCUT2D eigenvalue weighted by Gasteiger charge is -2.13. The van der Waals surface area contributed by atoms with Crippen LogP contribution < -0.4 is 20.3 Å². The number of hydrogen-bond acceptors (Lipinski definition) is 8. The molecule has 1 aliphatic carbocycles. The second kappa shape index (κ2) is 8.83. The summed E-state index contributed by atoms with van der Waals surface area (Å²) in [4.78, 5) is 44.8. The summed E-state index contributed by atoms with van der Waals surface area (Å²) in [5, 5.41) is 4.07. The third kappa shape index (κ3) is 4.02. The average molecular weight is 486 g/mol. The first-order valence-electron chi connectivity index (χ1n) is 10.9. The van der Waals surface area contributed by atoms with E-state index in [9.17, 15) is 14.4 Å². The molecule has 3 heterocycles. The number of anilines is 1. The lowest BCUT2D eigenvalue weighted by molar-refractivity contribution is -0.113. The summed E-state index contributed by atoms with van der Waals surface area (Å²) in [5.74, 6) is 0.524. The second-order valence-electron chi connectivity index (χ2n) is 7.98. The maximum absolute atomic E-state index is 13.2. The number of nitrogens with zero attached hydrogens (tertiary/aromatic N) is 2. The average Bonchev–Trinajstić information content (AvgIpc) is 3.40. The van der Waals surface area contributed by atoms with Gasteiger partial charge < -0.3 is 14.8 Å². The van der Waals surface area contributed by atoms with E-state index in [0.29, 0.717) is 34.5 Å². The van der Waals surface area contributed by atoms with Crippen molar-refractivity contribution in [1.29, 1.82) is 0 Å². The molecule has 0 bridgehead atoms. The number of hydrogen-bond donors (Lipinski definition) is 1. The van der Waals surface area contributed by atoms with Gasteiger partial charge in [0.1, 0.15) is 4.83 Å². The Kier molecular flexibility index (Phi) is 5.88. The molecule has 1 aliphatic heterocycles. The van der Waals surface area contributed by atoms with E-state index in [0.717, 1.165) is 41.5 Å². The third-order valence-electron chi connectivity index (χ3n) is 5.85. The highest BCUT2D eigenvalue weighted by Gasteiger charge is 2.23. The number of nitrogens with one attached hydrogen (secondary N) is 1. The van der Waals surface area contributed by atoms with E-state index in [-0.39, 0.29) is 29.8 Å². The van der Waals surface area contributed by atoms with Crippen LogP contribution in [0, 0.1) is 0 Å². The molecule has 33 heavy (non-hydrogen) atoms. The predicted molar refractivity (Wildman–Crippen MR) is 128 cm³/mol. The zero-order valence-electron chi connectivity index (χ0n) is 18.4. The van der Waals surface area contributed by atoms with Crippen molar-refractivity contribution in [3.8, 4) is 11.5 Å². The Hall–Kier alpha value is -2.85. The number of thioether (sulfide) groups is 1. The van der Waals surface area contributed by atoms with Crippen LogP contribution in [0.2, 0.25) is 0 Å². The number of aromatic nitrogens is 2. The topological polar surface area (TPSA) is 99.5 Å². The summed E-state index contributed by atoms with van der Waals surface area (Å²) in [6, 6.07) is 3.18. The number of Topliss-reactive ketones (excluding diaryl/α,β-unsaturated/α-hetero) is 1. The molecular formula is C23H23N3O5S2. The van der Waals surface area contributed by atoms with Crippen molar-refractivity contribution in [2.75, 3.05) is 17.9 Å². The number of fused-ring (bicyclic) bond motifs is 4. The molecule has 172 valence electrons. The summed E-state index contributed by atoms with van der Waals surface area (Å²) < 4.78 is 12.3. The molecule has 0 fully saturated rings. The number of rotatable bonds is 6. The number of amides is 1. The van der Waals surface area contributed by atoms with Crippen LogP contribution in [-0.2, 0) is 24.2 Å². The Morgan fingerprint density at radius 3 is 2.73 bits per heavy atom. The third-order valence-corrected chi connectivity index (χ3v) is 8.02. The smallest absolute Gasteiger partial charge is 0.263 e. The van der Waals surface area contributed by atoms with E-state index in [1.807, 2.05) is 6.92 Å². The minimum absolute atomic E-state index is 0.0283. The van der Waals surface area contributed by atoms with Crippen molar-refractivity contribution in [1.82, 2.24) is 9.55 Å². The standard InChI is InChI=1S/C23H23N3O5S2/c1-3-26-22(29)20-13-6-4-5-7-18(13)33-21(20)25-23(26)32-10-19(28)24-15-9-17-16(30-11-31-17)8-14(15)12(2)27/h8-9H,3-7,10-11H2,1-2H3,(H,24,28). The highest BCUT2D eigenvalue weighted by molar-refractivity contribution is 7.99. The van der Waals surface area contributed by atoms with Crippen LogP contribution in [0.4, 0.5) is 5.69 Å². The monoisotopic (exact) mass is 485 g/mol. The van der Waals surface area contributed by atoms with Gasteiger partial charge in [-0.15, -0.1) is 11.3 Å². The van der Waals surface area contributed by atoms with Crippen LogP contribution in [0.1, 0.15) is 47.5 Å². The Labute approximate surface area is 198 Å². The normalized spacial score (nSPS) is 14.4. The minimum atomic E-state index is -0.302. The molecule has 5 rings (SSSR count). The first-order valence-corrected chi connectivity index (χ1v) is 12.7. The molecule has 0 saturated carbocycles. The zero-order valence-corrected chi connectivity index (χ0v) is 20.0. The molecule has 2 aliphatic rings. The maximum Gasteiger partial charge on any atom is 0.263 e. The molecule has 1 aromatic carbocycles. The fourth-order valence-electron chi connectivity index (χ4n) is 4.26. The zero-order chi connectivity index (χ0) is 23.1. The second-order valence-corrected chi connectivity index (χ2v) is 10.0.